The van der Waals surface area contributed by atoms with Crippen molar-refractivity contribution >= 4 is 18.9 Å². The summed E-state index contributed by atoms with van der Waals surface area (Å²) in [6, 6.07) is 0. The van der Waals surface area contributed by atoms with E-state index in [2.05, 4.69) is 44.3 Å². The smallest absolute Gasteiger partial charge is 0.305 e. The first-order valence-electron chi connectivity index (χ1n) is 26.0. The number of ether oxygens (including phenoxy) is 2. The molecule has 7 heteroatoms. The third-order valence-corrected chi connectivity index (χ3v) is 12.9. The van der Waals surface area contributed by atoms with Crippen molar-refractivity contribution in [2.45, 2.75) is 266 Å². The van der Waals surface area contributed by atoms with Crippen LogP contribution in [0.1, 0.15) is 266 Å². The van der Waals surface area contributed by atoms with Crippen molar-refractivity contribution < 1.29 is 29.0 Å². The Labute approximate surface area is 368 Å². The third-order valence-electron chi connectivity index (χ3n) is 12.9. The van der Waals surface area contributed by atoms with Crippen molar-refractivity contribution in [3.8, 4) is 0 Å². The average Bonchev–Trinajstić information content (AvgIpc) is 3.77. The van der Waals surface area contributed by atoms with Gasteiger partial charge in [-0.2, -0.15) is 0 Å². The number of carbonyl (C=O) groups is 3. The standard InChI is InChI=1S/C44H87NO2.C7H14O2.CH2O2/c1-4-7-8-9-10-11-12-13-16-19-22-25-28-34-43(36-33-40-45-38-31-32-39-45)35-29-26-23-20-17-14-15-18-21-24-27-30-37-44(46)47-41-42(5-2)6-3;1-3-7(4-2)5-9-6-8;2-1-3/h42-43H,4-41H2,1-3H3;6-7H,3-5H2,1-2H3;1H,(H,2,3). The number of hydrogen-bond acceptors (Lipinski definition) is 6. The van der Waals surface area contributed by atoms with Gasteiger partial charge in [-0.1, -0.05) is 227 Å². The number of carbonyl (C=O) groups excluding carboxylic acids is 2. The Morgan fingerprint density at radius 1 is 0.508 bits per heavy atom. The molecule has 59 heavy (non-hydrogen) atoms. The highest BCUT2D eigenvalue weighted by Gasteiger charge is 2.14. The molecule has 1 atom stereocenters. The predicted molar refractivity (Wildman–Crippen MR) is 253 cm³/mol. The number of hydrogen-bond donors (Lipinski definition) is 1. The lowest BCUT2D eigenvalue weighted by molar-refractivity contribution is -0.145. The second kappa shape index (κ2) is 50.7. The molecule has 0 amide bonds. The van der Waals surface area contributed by atoms with Gasteiger partial charge in [-0.05, 0) is 69.5 Å². The number of nitrogens with zero attached hydrogens (tertiary/aromatic N) is 1. The Morgan fingerprint density at radius 2 is 0.864 bits per heavy atom. The van der Waals surface area contributed by atoms with Crippen molar-refractivity contribution in [3.05, 3.63) is 0 Å². The van der Waals surface area contributed by atoms with Gasteiger partial charge in [-0.3, -0.25) is 14.4 Å². The molecule has 352 valence electrons. The van der Waals surface area contributed by atoms with Crippen LogP contribution in [0.25, 0.3) is 0 Å². The van der Waals surface area contributed by atoms with Crippen molar-refractivity contribution in [1.82, 2.24) is 4.90 Å². The molecule has 0 spiro atoms. The largest absolute Gasteiger partial charge is 0.483 e. The van der Waals surface area contributed by atoms with Crippen LogP contribution in [0, 0.1) is 17.8 Å². The topological polar surface area (TPSA) is 93.1 Å². The molecule has 1 N–H and O–H groups in total. The van der Waals surface area contributed by atoms with E-state index in [-0.39, 0.29) is 12.4 Å². The molecule has 0 bridgehead atoms. The van der Waals surface area contributed by atoms with Crippen molar-refractivity contribution in [1.29, 1.82) is 0 Å². The Bertz CT molecular complexity index is 826. The zero-order valence-electron chi connectivity index (χ0n) is 40.3. The van der Waals surface area contributed by atoms with E-state index in [1.54, 1.807) is 0 Å². The molecule has 1 unspecified atom stereocenters. The second-order valence-corrected chi connectivity index (χ2v) is 18.0. The van der Waals surface area contributed by atoms with Crippen LogP contribution in [-0.2, 0) is 23.9 Å². The fraction of sp³-hybridized carbons (Fsp3) is 0.942. The van der Waals surface area contributed by atoms with E-state index < -0.39 is 0 Å². The van der Waals surface area contributed by atoms with E-state index in [1.165, 1.54) is 212 Å². The van der Waals surface area contributed by atoms with Crippen LogP contribution in [0.4, 0.5) is 0 Å². The van der Waals surface area contributed by atoms with Gasteiger partial charge in [0.15, 0.2) is 0 Å². The quantitative estimate of drug-likeness (QED) is 0.0372. The molecule has 0 radical (unpaired) electrons. The van der Waals surface area contributed by atoms with E-state index in [4.69, 9.17) is 14.6 Å². The minimum Gasteiger partial charge on any atom is -0.483 e. The summed E-state index contributed by atoms with van der Waals surface area (Å²) < 4.78 is 10.0. The molecule has 1 rings (SSSR count). The Balaban J connectivity index is 0. The molecule has 0 aromatic carbocycles. The fourth-order valence-corrected chi connectivity index (χ4v) is 8.47. The predicted octanol–water partition coefficient (Wildman–Crippen LogP) is 15.7. The first-order chi connectivity index (χ1) is 28.9. The average molecular weight is 838 g/mol. The Kier molecular flexibility index (Phi) is 51.1. The maximum absolute atomic E-state index is 11.9. The summed E-state index contributed by atoms with van der Waals surface area (Å²) in [6.45, 7) is 16.4. The maximum atomic E-state index is 11.9. The van der Waals surface area contributed by atoms with Gasteiger partial charge >= 0.3 is 5.97 Å². The first-order valence-corrected chi connectivity index (χ1v) is 26.0. The molecular formula is C52H103NO6. The monoisotopic (exact) mass is 838 g/mol. The minimum atomic E-state index is -0.250. The highest BCUT2D eigenvalue weighted by molar-refractivity contribution is 5.69. The van der Waals surface area contributed by atoms with Crippen LogP contribution in [-0.4, -0.2) is 61.8 Å². The summed E-state index contributed by atoms with van der Waals surface area (Å²) in [7, 11) is 0. The zero-order valence-corrected chi connectivity index (χ0v) is 40.3. The zero-order chi connectivity index (χ0) is 43.7. The lowest BCUT2D eigenvalue weighted by Crippen LogP contribution is -2.21. The molecule has 1 saturated heterocycles. The third kappa shape index (κ3) is 45.7. The van der Waals surface area contributed by atoms with Crippen molar-refractivity contribution in [3.63, 3.8) is 0 Å². The Hall–Kier alpha value is -1.63. The fourth-order valence-electron chi connectivity index (χ4n) is 8.47. The molecule has 0 aromatic heterocycles. The molecule has 1 aliphatic heterocycles. The number of unbranched alkanes of at least 4 members (excludes halogenated alkanes) is 23. The van der Waals surface area contributed by atoms with Crippen molar-refractivity contribution in [2.75, 3.05) is 32.8 Å². The van der Waals surface area contributed by atoms with Crippen LogP contribution >= 0.6 is 0 Å². The summed E-state index contributed by atoms with van der Waals surface area (Å²) in [4.78, 5) is 32.7. The second-order valence-electron chi connectivity index (χ2n) is 18.0. The van der Waals surface area contributed by atoms with E-state index in [0.29, 0.717) is 37.9 Å². The van der Waals surface area contributed by atoms with Gasteiger partial charge in [0.2, 0.25) is 0 Å². The molecule has 7 nitrogen and oxygen atoms in total. The molecule has 0 aromatic rings. The summed E-state index contributed by atoms with van der Waals surface area (Å²) in [5.74, 6) is 2.09. The lowest BCUT2D eigenvalue weighted by atomic mass is 9.90. The molecule has 1 fully saturated rings. The molecular weight excluding hydrogens is 735 g/mol. The van der Waals surface area contributed by atoms with Gasteiger partial charge in [0.05, 0.1) is 13.2 Å². The van der Waals surface area contributed by atoms with Crippen molar-refractivity contribution in [2.24, 2.45) is 17.8 Å². The van der Waals surface area contributed by atoms with E-state index in [0.717, 1.165) is 38.0 Å². The molecule has 0 saturated carbocycles. The summed E-state index contributed by atoms with van der Waals surface area (Å²) >= 11 is 0. The summed E-state index contributed by atoms with van der Waals surface area (Å²) in [5, 5.41) is 6.89. The van der Waals surface area contributed by atoms with Crippen LogP contribution < -0.4 is 0 Å². The molecule has 1 aliphatic rings. The SMILES string of the molecule is CCC(CC)COC=O.CCCCCCCCCCCCCCCC(CCCCCCCCCCCCCCC(=O)OCC(CC)CC)CCCN1CCCC1.O=CO. The highest BCUT2D eigenvalue weighted by Crippen LogP contribution is 2.25. The van der Waals surface area contributed by atoms with Gasteiger partial charge < -0.3 is 19.5 Å². The van der Waals surface area contributed by atoms with E-state index in [9.17, 15) is 9.59 Å². The highest BCUT2D eigenvalue weighted by atomic mass is 16.5. The minimum absolute atomic E-state index is 0.0137. The van der Waals surface area contributed by atoms with Crippen LogP contribution in [0.15, 0.2) is 0 Å². The lowest BCUT2D eigenvalue weighted by Gasteiger charge is -2.20. The number of esters is 1. The van der Waals surface area contributed by atoms with Gasteiger partial charge in [0.1, 0.15) is 0 Å². The summed E-state index contributed by atoms with van der Waals surface area (Å²) in [6.07, 6.45) is 49.0. The van der Waals surface area contributed by atoms with E-state index in [1.807, 2.05) is 0 Å². The number of carboxylic acid groups (broad SMARTS) is 1. The van der Waals surface area contributed by atoms with E-state index >= 15 is 0 Å². The molecule has 0 aliphatic carbocycles. The van der Waals surface area contributed by atoms with Gasteiger partial charge in [-0.25, -0.2) is 0 Å². The summed E-state index contributed by atoms with van der Waals surface area (Å²) in [5.41, 5.74) is 0. The van der Waals surface area contributed by atoms with Gasteiger partial charge in [0.25, 0.3) is 12.9 Å². The van der Waals surface area contributed by atoms with Crippen LogP contribution in [0.5, 0.6) is 0 Å². The Morgan fingerprint density at radius 3 is 1.25 bits per heavy atom. The van der Waals surface area contributed by atoms with Crippen LogP contribution in [0.3, 0.4) is 0 Å². The first kappa shape index (κ1) is 59.5. The maximum Gasteiger partial charge on any atom is 0.305 e. The van der Waals surface area contributed by atoms with Gasteiger partial charge in [-0.15, -0.1) is 0 Å². The molecule has 1 heterocycles. The normalized spacial score (nSPS) is 13.1. The van der Waals surface area contributed by atoms with Crippen LogP contribution in [0.2, 0.25) is 0 Å². The van der Waals surface area contributed by atoms with Gasteiger partial charge in [0, 0.05) is 6.42 Å². The number of rotatable bonds is 42. The number of likely N-dealkylation sites (tertiary alicyclic amines) is 1.